The van der Waals surface area contributed by atoms with Gasteiger partial charge in [-0.2, -0.15) is 0 Å². The maximum Gasteiger partial charge on any atom is 0.194 e. The average Bonchev–Trinajstić information content (AvgIpc) is 2.87. The van der Waals surface area contributed by atoms with Crippen LogP contribution in [0, 0.1) is 0 Å². The van der Waals surface area contributed by atoms with E-state index in [1.165, 1.54) is 10.8 Å². The molecule has 1 aromatic heterocycles. The van der Waals surface area contributed by atoms with E-state index in [4.69, 9.17) is 4.74 Å². The molecule has 0 aliphatic heterocycles. The van der Waals surface area contributed by atoms with Gasteiger partial charge in [0.15, 0.2) is 5.06 Å². The topological polar surface area (TPSA) is 22.1 Å². The Balaban J connectivity index is 2.23. The van der Waals surface area contributed by atoms with Crippen molar-refractivity contribution >= 4 is 22.1 Å². The summed E-state index contributed by atoms with van der Waals surface area (Å²) >= 11 is 1.57. The minimum Gasteiger partial charge on any atom is -0.486 e. The number of rotatable bonds is 2. The molecule has 2 nitrogen and oxygen atoms in total. The van der Waals surface area contributed by atoms with E-state index in [2.05, 4.69) is 47.4 Å². The first-order chi connectivity index (χ1) is 8.38. The van der Waals surface area contributed by atoms with Gasteiger partial charge in [-0.3, -0.25) is 0 Å². The van der Waals surface area contributed by atoms with Crippen LogP contribution in [0.5, 0.6) is 5.06 Å². The summed E-state index contributed by atoms with van der Waals surface area (Å²) in [6, 6.07) is 14.6. The van der Waals surface area contributed by atoms with Gasteiger partial charge in [-0.25, -0.2) is 4.98 Å². The monoisotopic (exact) mass is 241 g/mol. The van der Waals surface area contributed by atoms with Crippen LogP contribution in [0.1, 0.15) is 0 Å². The number of hydrogen-bond donors (Lipinski definition) is 0. The van der Waals surface area contributed by atoms with Crippen LogP contribution in [-0.4, -0.2) is 12.1 Å². The van der Waals surface area contributed by atoms with Crippen molar-refractivity contribution in [1.29, 1.82) is 0 Å². The van der Waals surface area contributed by atoms with Crippen molar-refractivity contribution in [2.24, 2.45) is 0 Å². The Morgan fingerprint density at radius 3 is 2.71 bits per heavy atom. The molecule has 0 bridgehead atoms. The molecule has 3 rings (SSSR count). The second kappa shape index (κ2) is 4.18. The van der Waals surface area contributed by atoms with Crippen LogP contribution in [0.15, 0.2) is 48.7 Å². The van der Waals surface area contributed by atoms with Gasteiger partial charge in [0.2, 0.25) is 0 Å². The normalized spacial score (nSPS) is 10.6. The van der Waals surface area contributed by atoms with Gasteiger partial charge in [-0.15, -0.1) is 0 Å². The van der Waals surface area contributed by atoms with Crippen molar-refractivity contribution in [2.45, 2.75) is 0 Å². The number of ether oxygens (including phenoxy) is 1. The predicted octanol–water partition coefficient (Wildman–Crippen LogP) is 3.97. The largest absolute Gasteiger partial charge is 0.486 e. The lowest BCUT2D eigenvalue weighted by Crippen LogP contribution is -1.79. The van der Waals surface area contributed by atoms with E-state index in [0.29, 0.717) is 0 Å². The quantitative estimate of drug-likeness (QED) is 0.677. The molecule has 0 atom stereocenters. The van der Waals surface area contributed by atoms with E-state index in [-0.39, 0.29) is 0 Å². The number of fused-ring (bicyclic) bond motifs is 1. The molecular weight excluding hydrogens is 230 g/mol. The van der Waals surface area contributed by atoms with Gasteiger partial charge in [0.1, 0.15) is 5.01 Å². The Bertz CT molecular complexity index is 655. The third-order valence-electron chi connectivity index (χ3n) is 2.71. The summed E-state index contributed by atoms with van der Waals surface area (Å²) in [5, 5.41) is 4.30. The molecule has 0 spiro atoms. The van der Waals surface area contributed by atoms with Crippen LogP contribution >= 0.6 is 11.3 Å². The maximum absolute atomic E-state index is 5.18. The number of aromatic nitrogens is 1. The van der Waals surface area contributed by atoms with Crippen LogP contribution in [0.4, 0.5) is 0 Å². The fourth-order valence-electron chi connectivity index (χ4n) is 1.89. The third kappa shape index (κ3) is 1.78. The number of benzene rings is 2. The molecule has 84 valence electrons. The van der Waals surface area contributed by atoms with E-state index >= 15 is 0 Å². The van der Waals surface area contributed by atoms with Crippen LogP contribution in [0.2, 0.25) is 0 Å². The number of methoxy groups -OCH3 is 1. The van der Waals surface area contributed by atoms with E-state index in [1.807, 2.05) is 0 Å². The SMILES string of the molecule is COc1cnc(-c2cccc3ccccc23)s1. The highest BCUT2D eigenvalue weighted by Gasteiger charge is 2.07. The molecule has 0 N–H and O–H groups in total. The first kappa shape index (κ1) is 10.3. The Kier molecular flexibility index (Phi) is 2.53. The van der Waals surface area contributed by atoms with Crippen molar-refractivity contribution < 1.29 is 4.74 Å². The van der Waals surface area contributed by atoms with Crippen LogP contribution < -0.4 is 4.74 Å². The second-order valence-electron chi connectivity index (χ2n) is 3.72. The van der Waals surface area contributed by atoms with Gasteiger partial charge < -0.3 is 4.74 Å². The lowest BCUT2D eigenvalue weighted by Gasteiger charge is -2.02. The fraction of sp³-hybridized carbons (Fsp3) is 0.0714. The summed E-state index contributed by atoms with van der Waals surface area (Å²) in [6.45, 7) is 0. The average molecular weight is 241 g/mol. The number of thiazole rings is 1. The molecule has 0 saturated heterocycles. The Hall–Kier alpha value is -1.87. The first-order valence-electron chi connectivity index (χ1n) is 5.36. The molecule has 17 heavy (non-hydrogen) atoms. The molecular formula is C14H11NOS. The van der Waals surface area contributed by atoms with Crippen molar-refractivity contribution in [3.63, 3.8) is 0 Å². The highest BCUT2D eigenvalue weighted by molar-refractivity contribution is 7.16. The number of hydrogen-bond acceptors (Lipinski definition) is 3. The van der Waals surface area contributed by atoms with Gasteiger partial charge >= 0.3 is 0 Å². The summed E-state index contributed by atoms with van der Waals surface area (Å²) in [6.07, 6.45) is 1.77. The van der Waals surface area contributed by atoms with E-state index in [9.17, 15) is 0 Å². The Labute approximate surface area is 104 Å². The lowest BCUT2D eigenvalue weighted by atomic mass is 10.1. The van der Waals surface area contributed by atoms with E-state index < -0.39 is 0 Å². The van der Waals surface area contributed by atoms with Crippen LogP contribution in [0.25, 0.3) is 21.3 Å². The summed E-state index contributed by atoms with van der Waals surface area (Å²) in [7, 11) is 1.67. The van der Waals surface area contributed by atoms with Gasteiger partial charge in [0.25, 0.3) is 0 Å². The first-order valence-corrected chi connectivity index (χ1v) is 6.18. The highest BCUT2D eigenvalue weighted by Crippen LogP contribution is 2.34. The van der Waals surface area contributed by atoms with E-state index in [0.717, 1.165) is 15.6 Å². The number of nitrogens with zero attached hydrogens (tertiary/aromatic N) is 1. The minimum atomic E-state index is 0.841. The predicted molar refractivity (Wildman–Crippen MR) is 71.6 cm³/mol. The fourth-order valence-corrected chi connectivity index (χ4v) is 2.66. The summed E-state index contributed by atoms with van der Waals surface area (Å²) in [5.41, 5.74) is 1.16. The highest BCUT2D eigenvalue weighted by atomic mass is 32.1. The smallest absolute Gasteiger partial charge is 0.194 e. The zero-order chi connectivity index (χ0) is 11.7. The molecule has 1 heterocycles. The van der Waals surface area contributed by atoms with Crippen molar-refractivity contribution in [3.05, 3.63) is 48.7 Å². The molecule has 3 aromatic rings. The standard InChI is InChI=1S/C14H11NOS/c1-16-13-9-15-14(17-13)12-8-4-6-10-5-2-3-7-11(10)12/h2-9H,1H3. The van der Waals surface area contributed by atoms with Gasteiger partial charge in [0, 0.05) is 5.56 Å². The van der Waals surface area contributed by atoms with E-state index in [1.54, 1.807) is 24.6 Å². The summed E-state index contributed by atoms with van der Waals surface area (Å²) in [4.78, 5) is 4.40. The molecule has 0 radical (unpaired) electrons. The minimum absolute atomic E-state index is 0.841. The van der Waals surface area contributed by atoms with Crippen molar-refractivity contribution in [1.82, 2.24) is 4.98 Å². The van der Waals surface area contributed by atoms with Crippen molar-refractivity contribution in [2.75, 3.05) is 7.11 Å². The summed E-state index contributed by atoms with van der Waals surface area (Å²) in [5.74, 6) is 0. The molecule has 0 aliphatic rings. The zero-order valence-corrected chi connectivity index (χ0v) is 10.2. The zero-order valence-electron chi connectivity index (χ0n) is 9.38. The maximum atomic E-state index is 5.18. The molecule has 0 amide bonds. The molecule has 2 aromatic carbocycles. The van der Waals surface area contributed by atoms with Gasteiger partial charge in [-0.1, -0.05) is 53.8 Å². The Morgan fingerprint density at radius 2 is 1.88 bits per heavy atom. The summed E-state index contributed by atoms with van der Waals surface area (Å²) < 4.78 is 5.18. The van der Waals surface area contributed by atoms with Crippen molar-refractivity contribution in [3.8, 4) is 15.6 Å². The molecule has 0 saturated carbocycles. The third-order valence-corrected chi connectivity index (χ3v) is 3.70. The second-order valence-corrected chi connectivity index (χ2v) is 4.71. The van der Waals surface area contributed by atoms with Gasteiger partial charge in [-0.05, 0) is 10.8 Å². The molecule has 0 aliphatic carbocycles. The molecule has 0 unspecified atom stereocenters. The molecule has 0 fully saturated rings. The van der Waals surface area contributed by atoms with Gasteiger partial charge in [0.05, 0.1) is 13.3 Å². The van der Waals surface area contributed by atoms with Crippen LogP contribution in [0.3, 0.4) is 0 Å². The lowest BCUT2D eigenvalue weighted by molar-refractivity contribution is 0.426. The van der Waals surface area contributed by atoms with Crippen LogP contribution in [-0.2, 0) is 0 Å². The molecule has 3 heteroatoms. The Morgan fingerprint density at radius 1 is 1.06 bits per heavy atom.